The minimum atomic E-state index is -0.568. The Kier molecular flexibility index (Phi) is 4.22. The zero-order chi connectivity index (χ0) is 17.3. The van der Waals surface area contributed by atoms with Crippen molar-refractivity contribution in [3.05, 3.63) is 46.9 Å². The van der Waals surface area contributed by atoms with E-state index in [1.807, 2.05) is 0 Å². The maximum atomic E-state index is 12.0. The molecule has 2 aromatic rings. The Morgan fingerprint density at radius 3 is 2.92 bits per heavy atom. The van der Waals surface area contributed by atoms with Crippen molar-refractivity contribution in [3.63, 3.8) is 0 Å². The summed E-state index contributed by atoms with van der Waals surface area (Å²) in [6.07, 6.45) is 1.07. The number of fused-ring (bicyclic) bond motifs is 1. The van der Waals surface area contributed by atoms with E-state index in [1.54, 1.807) is 35.9 Å². The van der Waals surface area contributed by atoms with Crippen molar-refractivity contribution in [3.8, 4) is 5.75 Å². The Bertz CT molecular complexity index is 812. The molecule has 0 aliphatic carbocycles. The molecule has 0 saturated heterocycles. The van der Waals surface area contributed by atoms with Crippen molar-refractivity contribution in [2.45, 2.75) is 25.8 Å². The van der Waals surface area contributed by atoms with Gasteiger partial charge in [-0.25, -0.2) is 4.68 Å². The van der Waals surface area contributed by atoms with Gasteiger partial charge in [-0.3, -0.25) is 4.79 Å². The molecule has 1 aromatic heterocycles. The summed E-state index contributed by atoms with van der Waals surface area (Å²) in [6, 6.07) is 6.06. The van der Waals surface area contributed by atoms with Crippen LogP contribution in [-0.2, 0) is 11.2 Å². The topological polar surface area (TPSA) is 126 Å². The molecule has 0 bridgehead atoms. The number of nitrogens with one attached hydrogen (secondary N) is 1. The van der Waals surface area contributed by atoms with Gasteiger partial charge in [0, 0.05) is 18.7 Å². The highest BCUT2D eigenvalue weighted by molar-refractivity contribution is 5.95. The molecule has 1 atom stereocenters. The maximum absolute atomic E-state index is 12.0. The van der Waals surface area contributed by atoms with Crippen LogP contribution in [0.5, 0.6) is 5.75 Å². The lowest BCUT2D eigenvalue weighted by atomic mass is 9.95. The van der Waals surface area contributed by atoms with Gasteiger partial charge in [-0.2, -0.15) is 10.1 Å². The highest BCUT2D eigenvalue weighted by Crippen LogP contribution is 2.35. The van der Waals surface area contributed by atoms with Gasteiger partial charge in [-0.05, 0) is 31.0 Å². The van der Waals surface area contributed by atoms with Crippen LogP contribution in [-0.4, -0.2) is 37.5 Å². The van der Waals surface area contributed by atoms with Gasteiger partial charge in [-0.15, -0.1) is 0 Å². The van der Waals surface area contributed by atoms with E-state index < -0.39 is 11.9 Å². The summed E-state index contributed by atoms with van der Waals surface area (Å²) in [7, 11) is 0. The molecule has 0 saturated carbocycles. The molecule has 1 aliphatic heterocycles. The minimum absolute atomic E-state index is 0.0527. The number of nitrogens with zero attached hydrogens (tertiary/aromatic N) is 3. The number of aryl methyl sites for hydroxylation is 1. The van der Waals surface area contributed by atoms with Crippen LogP contribution >= 0.6 is 0 Å². The second kappa shape index (κ2) is 6.32. The van der Waals surface area contributed by atoms with Crippen molar-refractivity contribution in [1.29, 1.82) is 0 Å². The largest absolute Gasteiger partial charge is 0.508 e. The van der Waals surface area contributed by atoms with Crippen molar-refractivity contribution in [2.75, 3.05) is 11.9 Å². The van der Waals surface area contributed by atoms with E-state index >= 15 is 0 Å². The van der Waals surface area contributed by atoms with E-state index in [2.05, 4.69) is 15.4 Å². The van der Waals surface area contributed by atoms with Crippen molar-refractivity contribution in [2.24, 2.45) is 5.73 Å². The predicted molar refractivity (Wildman–Crippen MR) is 87.2 cm³/mol. The molecule has 0 fully saturated rings. The van der Waals surface area contributed by atoms with E-state index in [0.717, 1.165) is 0 Å². The van der Waals surface area contributed by atoms with E-state index in [-0.39, 0.29) is 12.4 Å². The number of aliphatic hydroxyl groups is 1. The van der Waals surface area contributed by atoms with Gasteiger partial charge in [0.1, 0.15) is 11.8 Å². The number of hydrogen-bond donors (Lipinski definition) is 4. The predicted octanol–water partition coefficient (Wildman–Crippen LogP) is 0.683. The number of hydrogen-bond acceptors (Lipinski definition) is 6. The van der Waals surface area contributed by atoms with Crippen LogP contribution in [0.25, 0.3) is 0 Å². The first-order valence-electron chi connectivity index (χ1n) is 7.64. The summed E-state index contributed by atoms with van der Waals surface area (Å²) in [5.74, 6) is 0.593. The van der Waals surface area contributed by atoms with Crippen molar-refractivity contribution >= 4 is 11.9 Å². The molecule has 126 valence electrons. The van der Waals surface area contributed by atoms with Gasteiger partial charge in [0.25, 0.3) is 0 Å². The number of carbonyl (C=O) groups excluding carboxylic acids is 1. The van der Waals surface area contributed by atoms with Crippen LogP contribution in [0.3, 0.4) is 0 Å². The first-order valence-corrected chi connectivity index (χ1v) is 7.64. The minimum Gasteiger partial charge on any atom is -0.508 e. The molecule has 1 aromatic carbocycles. The summed E-state index contributed by atoms with van der Waals surface area (Å²) in [5.41, 5.74) is 7.23. The van der Waals surface area contributed by atoms with Gasteiger partial charge in [0.05, 0.1) is 5.57 Å². The smallest absolute Gasteiger partial charge is 0.248 e. The number of aromatic hydroxyl groups is 1. The Labute approximate surface area is 138 Å². The highest BCUT2D eigenvalue weighted by Gasteiger charge is 2.33. The van der Waals surface area contributed by atoms with Crippen molar-refractivity contribution < 1.29 is 15.0 Å². The van der Waals surface area contributed by atoms with Crippen LogP contribution in [0.4, 0.5) is 5.95 Å². The van der Waals surface area contributed by atoms with Gasteiger partial charge >= 0.3 is 0 Å². The second-order valence-electron chi connectivity index (χ2n) is 5.65. The number of nitrogens with two attached hydrogens (primary N) is 1. The van der Waals surface area contributed by atoms with Gasteiger partial charge in [0.2, 0.25) is 11.9 Å². The Morgan fingerprint density at radius 1 is 1.46 bits per heavy atom. The number of phenols is 1. The second-order valence-corrected chi connectivity index (χ2v) is 5.65. The zero-order valence-electron chi connectivity index (χ0n) is 13.2. The quantitative estimate of drug-likeness (QED) is 0.639. The van der Waals surface area contributed by atoms with Crippen LogP contribution < -0.4 is 11.1 Å². The van der Waals surface area contributed by atoms with E-state index in [4.69, 9.17) is 10.8 Å². The fourth-order valence-corrected chi connectivity index (χ4v) is 2.86. The lowest BCUT2D eigenvalue weighted by Crippen LogP contribution is -2.31. The molecule has 8 heteroatoms. The maximum Gasteiger partial charge on any atom is 0.248 e. The molecular weight excluding hydrogens is 310 g/mol. The fraction of sp³-hybridized carbons (Fsp3) is 0.312. The molecule has 2 heterocycles. The van der Waals surface area contributed by atoms with Gasteiger partial charge < -0.3 is 21.3 Å². The molecule has 24 heavy (non-hydrogen) atoms. The van der Waals surface area contributed by atoms with Crippen LogP contribution in [0.1, 0.15) is 30.8 Å². The molecule has 5 N–H and O–H groups in total. The molecule has 0 unspecified atom stereocenters. The lowest BCUT2D eigenvalue weighted by molar-refractivity contribution is -0.115. The first-order chi connectivity index (χ1) is 11.5. The van der Waals surface area contributed by atoms with Gasteiger partial charge in [0.15, 0.2) is 5.82 Å². The summed E-state index contributed by atoms with van der Waals surface area (Å²) < 4.78 is 1.59. The number of primary amides is 1. The standard InChI is InChI=1S/C16H19N5O3/c1-9-13(15(17)24)14(10-4-2-5-11(23)8-10)21-16(18-9)19-12(20-21)6-3-7-22/h2,4-5,8,14,22-23H,3,6-7H2,1H3,(H2,17,24)(H,18,19,20)/t14-/m0/s1. The molecule has 0 radical (unpaired) electrons. The number of phenolic OH excluding ortho intramolecular Hbond substituents is 1. The van der Waals surface area contributed by atoms with Crippen LogP contribution in [0, 0.1) is 0 Å². The number of allylic oxidation sites excluding steroid dienone is 1. The molecule has 0 spiro atoms. The third kappa shape index (κ3) is 2.83. The summed E-state index contributed by atoms with van der Waals surface area (Å²) in [4.78, 5) is 16.4. The van der Waals surface area contributed by atoms with Crippen LogP contribution in [0.15, 0.2) is 35.5 Å². The Balaban J connectivity index is 2.11. The van der Waals surface area contributed by atoms with Gasteiger partial charge in [-0.1, -0.05) is 12.1 Å². The normalized spacial score (nSPS) is 16.7. The Hall–Kier alpha value is -2.87. The fourth-order valence-electron chi connectivity index (χ4n) is 2.86. The number of rotatable bonds is 5. The number of aliphatic hydroxyl groups excluding tert-OH is 1. The van der Waals surface area contributed by atoms with Crippen molar-refractivity contribution in [1.82, 2.24) is 14.8 Å². The molecule has 3 rings (SSSR count). The summed E-state index contributed by atoms with van der Waals surface area (Å²) >= 11 is 0. The zero-order valence-corrected chi connectivity index (χ0v) is 13.2. The Morgan fingerprint density at radius 2 is 2.25 bits per heavy atom. The highest BCUT2D eigenvalue weighted by atomic mass is 16.3. The molecule has 8 nitrogen and oxygen atoms in total. The lowest BCUT2D eigenvalue weighted by Gasteiger charge is -2.27. The first kappa shape index (κ1) is 16.0. The average Bonchev–Trinajstić information content (AvgIpc) is 2.93. The van der Waals surface area contributed by atoms with E-state index in [1.165, 1.54) is 0 Å². The molecule has 1 amide bonds. The van der Waals surface area contributed by atoms with Crippen LogP contribution in [0.2, 0.25) is 0 Å². The molecular formula is C16H19N5O3. The monoisotopic (exact) mass is 329 g/mol. The third-order valence-corrected chi connectivity index (χ3v) is 3.91. The molecule has 1 aliphatic rings. The van der Waals surface area contributed by atoms with E-state index in [9.17, 15) is 9.90 Å². The number of carbonyl (C=O) groups is 1. The SMILES string of the molecule is CC1=C(C(N)=O)[C@H](c2cccc(O)c2)n2nc(CCCO)nc2N1. The number of anilines is 1. The third-order valence-electron chi connectivity index (χ3n) is 3.91. The summed E-state index contributed by atoms with van der Waals surface area (Å²) in [5, 5.41) is 26.3. The number of amides is 1. The van der Waals surface area contributed by atoms with E-state index in [0.29, 0.717) is 41.4 Å². The number of aromatic nitrogens is 3. The average molecular weight is 329 g/mol. The number of benzene rings is 1. The summed E-state index contributed by atoms with van der Waals surface area (Å²) in [6.45, 7) is 1.80.